The number of carbonyl (C=O) groups is 2. The number of nitrogens with zero attached hydrogens (tertiary/aromatic N) is 1. The first-order chi connectivity index (χ1) is 14.9. The number of amides is 2. The number of ether oxygens (including phenoxy) is 1. The van der Waals surface area contributed by atoms with Crippen molar-refractivity contribution in [2.24, 2.45) is 0 Å². The average Bonchev–Trinajstić information content (AvgIpc) is 3.06. The van der Waals surface area contributed by atoms with E-state index in [-0.39, 0.29) is 17.9 Å². The molecule has 158 valence electrons. The minimum atomic E-state index is -0.329. The van der Waals surface area contributed by atoms with Crippen LogP contribution in [0, 0.1) is 6.92 Å². The first-order valence-corrected chi connectivity index (χ1v) is 10.1. The second kappa shape index (κ2) is 8.14. The summed E-state index contributed by atoms with van der Waals surface area (Å²) in [6, 6.07) is 18.6. The van der Waals surface area contributed by atoms with Crippen molar-refractivity contribution in [3.63, 3.8) is 0 Å². The van der Waals surface area contributed by atoms with Crippen LogP contribution in [0.15, 0.2) is 60.7 Å². The summed E-state index contributed by atoms with van der Waals surface area (Å²) in [7, 11) is 3.18. The molecule has 0 aliphatic carbocycles. The van der Waals surface area contributed by atoms with E-state index in [1.54, 1.807) is 26.3 Å². The molecule has 31 heavy (non-hydrogen) atoms. The van der Waals surface area contributed by atoms with Gasteiger partial charge in [-0.2, -0.15) is 0 Å². The lowest BCUT2D eigenvalue weighted by Crippen LogP contribution is -2.28. The van der Waals surface area contributed by atoms with E-state index in [9.17, 15) is 9.59 Å². The van der Waals surface area contributed by atoms with Crippen LogP contribution in [0.25, 0.3) is 0 Å². The smallest absolute Gasteiger partial charge is 0.255 e. The van der Waals surface area contributed by atoms with Crippen molar-refractivity contribution in [2.75, 3.05) is 19.9 Å². The van der Waals surface area contributed by atoms with Gasteiger partial charge >= 0.3 is 0 Å². The second-order valence-electron chi connectivity index (χ2n) is 7.65. The molecule has 0 saturated heterocycles. The van der Waals surface area contributed by atoms with Gasteiger partial charge < -0.3 is 20.7 Å². The molecule has 0 bridgehead atoms. The third-order valence-corrected chi connectivity index (χ3v) is 5.77. The van der Waals surface area contributed by atoms with Crippen LogP contribution in [0.2, 0.25) is 0 Å². The number of methoxy groups -OCH3 is 1. The second-order valence-corrected chi connectivity index (χ2v) is 7.65. The zero-order chi connectivity index (χ0) is 22.1. The van der Waals surface area contributed by atoms with E-state index < -0.39 is 0 Å². The molecular formula is C25H25N3O3. The summed E-state index contributed by atoms with van der Waals surface area (Å²) in [5.41, 5.74) is 11.5. The van der Waals surface area contributed by atoms with Crippen molar-refractivity contribution in [3.8, 4) is 5.75 Å². The molecule has 1 unspecified atom stereocenters. The summed E-state index contributed by atoms with van der Waals surface area (Å²) in [5.74, 6) is 0.342. The van der Waals surface area contributed by atoms with Crippen LogP contribution in [0.5, 0.6) is 5.75 Å². The highest BCUT2D eigenvalue weighted by atomic mass is 16.5. The van der Waals surface area contributed by atoms with E-state index in [1.165, 1.54) is 0 Å². The molecule has 3 aromatic rings. The molecule has 3 N–H and O–H groups in total. The van der Waals surface area contributed by atoms with Gasteiger partial charge in [0.05, 0.1) is 13.2 Å². The van der Waals surface area contributed by atoms with Crippen LogP contribution in [0.4, 0.5) is 5.69 Å². The summed E-state index contributed by atoms with van der Waals surface area (Å²) in [5, 5.41) is 2.60. The highest BCUT2D eigenvalue weighted by molar-refractivity contribution is 6.05. The maximum Gasteiger partial charge on any atom is 0.255 e. The van der Waals surface area contributed by atoms with Crippen LogP contribution < -0.4 is 15.8 Å². The number of carbonyl (C=O) groups excluding carboxylic acids is 2. The fraction of sp³-hybridized carbons (Fsp3) is 0.200. The highest BCUT2D eigenvalue weighted by Gasteiger charge is 2.40. The quantitative estimate of drug-likeness (QED) is 0.623. The molecule has 6 heteroatoms. The van der Waals surface area contributed by atoms with Crippen molar-refractivity contribution in [1.29, 1.82) is 0 Å². The molecular weight excluding hydrogens is 390 g/mol. The van der Waals surface area contributed by atoms with Gasteiger partial charge in [-0.15, -0.1) is 0 Å². The molecule has 0 radical (unpaired) electrons. The summed E-state index contributed by atoms with van der Waals surface area (Å²) in [6.45, 7) is 2.43. The van der Waals surface area contributed by atoms with E-state index in [2.05, 4.69) is 5.32 Å². The molecule has 1 aliphatic rings. The number of anilines is 1. The molecule has 4 rings (SSSR count). The lowest BCUT2D eigenvalue weighted by Gasteiger charge is -2.27. The number of nitrogens with one attached hydrogen (secondary N) is 1. The van der Waals surface area contributed by atoms with E-state index in [1.807, 2.05) is 60.4 Å². The zero-order valence-corrected chi connectivity index (χ0v) is 17.8. The van der Waals surface area contributed by atoms with Crippen LogP contribution in [-0.4, -0.2) is 30.9 Å². The van der Waals surface area contributed by atoms with E-state index in [0.29, 0.717) is 23.4 Å². The third kappa shape index (κ3) is 3.61. The van der Waals surface area contributed by atoms with Gasteiger partial charge in [0.25, 0.3) is 11.8 Å². The molecule has 6 nitrogen and oxygen atoms in total. The van der Waals surface area contributed by atoms with Gasteiger partial charge in [-0.3, -0.25) is 9.59 Å². The minimum absolute atomic E-state index is 0.142. The summed E-state index contributed by atoms with van der Waals surface area (Å²) >= 11 is 0. The zero-order valence-electron chi connectivity index (χ0n) is 17.8. The molecule has 0 spiro atoms. The van der Waals surface area contributed by atoms with E-state index in [0.717, 1.165) is 28.0 Å². The molecule has 0 saturated carbocycles. The van der Waals surface area contributed by atoms with Crippen molar-refractivity contribution in [3.05, 3.63) is 94.0 Å². The first-order valence-electron chi connectivity index (χ1n) is 10.1. The maximum absolute atomic E-state index is 13.5. The number of hydrogen-bond donors (Lipinski definition) is 2. The molecule has 2 amide bonds. The Morgan fingerprint density at radius 3 is 2.48 bits per heavy atom. The van der Waals surface area contributed by atoms with E-state index >= 15 is 0 Å². The molecule has 0 aromatic heterocycles. The molecule has 0 fully saturated rings. The number of hydrogen-bond acceptors (Lipinski definition) is 4. The van der Waals surface area contributed by atoms with Crippen LogP contribution in [-0.2, 0) is 6.54 Å². The Labute approximate surface area is 181 Å². The molecule has 1 aliphatic heterocycles. The Morgan fingerprint density at radius 2 is 1.84 bits per heavy atom. The number of aryl methyl sites for hydroxylation is 1. The van der Waals surface area contributed by atoms with Gasteiger partial charge in [0.1, 0.15) is 5.75 Å². The number of rotatable bonds is 5. The third-order valence-electron chi connectivity index (χ3n) is 5.77. The normalized spacial score (nSPS) is 15.0. The van der Waals surface area contributed by atoms with E-state index in [4.69, 9.17) is 10.5 Å². The highest BCUT2D eigenvalue weighted by Crippen LogP contribution is 2.44. The topological polar surface area (TPSA) is 84.7 Å². The van der Waals surface area contributed by atoms with Crippen molar-refractivity contribution in [2.45, 2.75) is 19.5 Å². The van der Waals surface area contributed by atoms with Crippen LogP contribution in [0.3, 0.4) is 0 Å². The van der Waals surface area contributed by atoms with Crippen LogP contribution in [0.1, 0.15) is 49.0 Å². The molecule has 1 atom stereocenters. The first kappa shape index (κ1) is 20.5. The Balaban J connectivity index is 1.84. The largest absolute Gasteiger partial charge is 0.497 e. The van der Waals surface area contributed by atoms with Gasteiger partial charge in [0, 0.05) is 36.0 Å². The average molecular weight is 415 g/mol. The monoisotopic (exact) mass is 415 g/mol. The summed E-state index contributed by atoms with van der Waals surface area (Å²) in [4.78, 5) is 27.6. The number of nitrogens with two attached hydrogens (primary N) is 1. The fourth-order valence-corrected chi connectivity index (χ4v) is 4.17. The molecule has 1 heterocycles. The Bertz CT molecular complexity index is 1160. The standard InChI is InChI=1S/C25H25N3O3/c1-15-6-4-5-7-19(15)23-22-20(12-17(13-21(22)26)24(29)27-2)25(30)28(23)14-16-8-10-18(31-3)11-9-16/h4-13,23H,14,26H2,1-3H3,(H,27,29). The molecule has 3 aromatic carbocycles. The Kier molecular flexibility index (Phi) is 5.38. The lowest BCUT2D eigenvalue weighted by molar-refractivity contribution is 0.0735. The van der Waals surface area contributed by atoms with Gasteiger partial charge in [-0.05, 0) is 47.9 Å². The summed E-state index contributed by atoms with van der Waals surface area (Å²) < 4.78 is 5.24. The predicted molar refractivity (Wildman–Crippen MR) is 120 cm³/mol. The fourth-order valence-electron chi connectivity index (χ4n) is 4.17. The van der Waals surface area contributed by atoms with Crippen molar-refractivity contribution >= 4 is 17.5 Å². The predicted octanol–water partition coefficient (Wildman–Crippen LogP) is 3.69. The Morgan fingerprint density at radius 1 is 1.13 bits per heavy atom. The minimum Gasteiger partial charge on any atom is -0.497 e. The summed E-state index contributed by atoms with van der Waals surface area (Å²) in [6.07, 6.45) is 0. The van der Waals surface area contributed by atoms with Gasteiger partial charge in [-0.25, -0.2) is 0 Å². The number of benzene rings is 3. The number of fused-ring (bicyclic) bond motifs is 1. The maximum atomic E-state index is 13.5. The number of nitrogen functional groups attached to an aromatic ring is 1. The van der Waals surface area contributed by atoms with Gasteiger partial charge in [-0.1, -0.05) is 36.4 Å². The van der Waals surface area contributed by atoms with Gasteiger partial charge in [0.2, 0.25) is 0 Å². The van der Waals surface area contributed by atoms with Crippen molar-refractivity contribution in [1.82, 2.24) is 10.2 Å². The van der Waals surface area contributed by atoms with Crippen LogP contribution >= 0.6 is 0 Å². The lowest BCUT2D eigenvalue weighted by atomic mass is 9.92. The van der Waals surface area contributed by atoms with Crippen molar-refractivity contribution < 1.29 is 14.3 Å². The van der Waals surface area contributed by atoms with Gasteiger partial charge in [0.15, 0.2) is 0 Å². The SMILES string of the molecule is CNC(=O)c1cc(N)c2c(c1)C(=O)N(Cc1ccc(OC)cc1)C2c1ccccc1C. The Hall–Kier alpha value is -3.80.